The Morgan fingerprint density at radius 3 is 2.74 bits per heavy atom. The zero-order chi connectivity index (χ0) is 13.8. The van der Waals surface area contributed by atoms with E-state index in [9.17, 15) is 0 Å². The number of aromatic nitrogens is 2. The first kappa shape index (κ1) is 13.6. The Morgan fingerprint density at radius 1 is 1.32 bits per heavy atom. The van der Waals surface area contributed by atoms with Crippen LogP contribution in [0.5, 0.6) is 5.75 Å². The number of hydrogen-bond donors (Lipinski definition) is 0. The highest BCUT2D eigenvalue weighted by atomic mass is 16.5. The monoisotopic (exact) mass is 259 g/mol. The Balaban J connectivity index is 2.00. The maximum atomic E-state index is 5.25. The Bertz CT molecular complexity index is 548. The summed E-state index contributed by atoms with van der Waals surface area (Å²) in [5, 5.41) is 4.37. The summed E-state index contributed by atoms with van der Waals surface area (Å²) < 4.78 is 7.11. The minimum Gasteiger partial charge on any atom is -0.497 e. The van der Waals surface area contributed by atoms with Crippen molar-refractivity contribution in [2.75, 3.05) is 14.2 Å². The van der Waals surface area contributed by atoms with Gasteiger partial charge in [0.25, 0.3) is 0 Å². The average Bonchev–Trinajstić information content (AvgIpc) is 2.68. The number of rotatable bonds is 5. The fourth-order valence-corrected chi connectivity index (χ4v) is 2.23. The predicted octanol–water partition coefficient (Wildman–Crippen LogP) is 2.37. The minimum absolute atomic E-state index is 0.894. The molecule has 0 radical (unpaired) electrons. The van der Waals surface area contributed by atoms with Crippen LogP contribution in [0, 0.1) is 6.92 Å². The molecule has 1 aromatic heterocycles. The van der Waals surface area contributed by atoms with E-state index in [0.29, 0.717) is 0 Å². The van der Waals surface area contributed by atoms with Crippen LogP contribution in [-0.2, 0) is 20.1 Å². The minimum atomic E-state index is 0.894. The lowest BCUT2D eigenvalue weighted by molar-refractivity contribution is 0.317. The number of aryl methyl sites for hydroxylation is 2. The molecule has 0 fully saturated rings. The average molecular weight is 259 g/mol. The van der Waals surface area contributed by atoms with Gasteiger partial charge in [-0.25, -0.2) is 0 Å². The van der Waals surface area contributed by atoms with Crippen LogP contribution in [0.1, 0.15) is 16.8 Å². The molecule has 0 amide bonds. The van der Waals surface area contributed by atoms with E-state index in [1.54, 1.807) is 7.11 Å². The number of hydrogen-bond acceptors (Lipinski definition) is 3. The quantitative estimate of drug-likeness (QED) is 0.826. The maximum Gasteiger partial charge on any atom is 0.119 e. The van der Waals surface area contributed by atoms with Gasteiger partial charge in [0.1, 0.15) is 5.75 Å². The second-order valence-electron chi connectivity index (χ2n) is 4.94. The number of ether oxygens (including phenoxy) is 1. The molecule has 0 aliphatic rings. The van der Waals surface area contributed by atoms with Crippen molar-refractivity contribution in [3.05, 3.63) is 47.3 Å². The molecule has 19 heavy (non-hydrogen) atoms. The van der Waals surface area contributed by atoms with E-state index in [4.69, 9.17) is 4.74 Å². The van der Waals surface area contributed by atoms with Crippen LogP contribution in [0.4, 0.5) is 0 Å². The third-order valence-electron chi connectivity index (χ3n) is 3.14. The molecule has 1 aromatic carbocycles. The molecule has 0 N–H and O–H groups in total. The van der Waals surface area contributed by atoms with Crippen molar-refractivity contribution in [1.29, 1.82) is 0 Å². The SMILES string of the molecule is COc1cccc(CN(C)Cc2cn(C)nc2C)c1. The van der Waals surface area contributed by atoms with Gasteiger partial charge in [-0.3, -0.25) is 9.58 Å². The first-order chi connectivity index (χ1) is 9.08. The summed E-state index contributed by atoms with van der Waals surface area (Å²) in [6.07, 6.45) is 2.08. The molecule has 0 bridgehead atoms. The number of benzene rings is 1. The molecule has 0 unspecified atom stereocenters. The van der Waals surface area contributed by atoms with E-state index in [-0.39, 0.29) is 0 Å². The second kappa shape index (κ2) is 5.89. The molecule has 4 heteroatoms. The van der Waals surface area contributed by atoms with Crippen molar-refractivity contribution in [3.8, 4) is 5.75 Å². The van der Waals surface area contributed by atoms with Gasteiger partial charge in [0.2, 0.25) is 0 Å². The molecule has 0 aliphatic carbocycles. The Hall–Kier alpha value is -1.81. The highest BCUT2D eigenvalue weighted by molar-refractivity contribution is 5.28. The summed E-state index contributed by atoms with van der Waals surface area (Å²) in [6.45, 7) is 3.84. The molecule has 102 valence electrons. The van der Waals surface area contributed by atoms with Crippen molar-refractivity contribution in [3.63, 3.8) is 0 Å². The molecule has 2 rings (SSSR count). The molecule has 4 nitrogen and oxygen atoms in total. The number of methoxy groups -OCH3 is 1. The standard InChI is InChI=1S/C15H21N3O/c1-12-14(11-18(3)16-12)10-17(2)9-13-6-5-7-15(8-13)19-4/h5-8,11H,9-10H2,1-4H3. The Morgan fingerprint density at radius 2 is 2.11 bits per heavy atom. The van der Waals surface area contributed by atoms with Crippen molar-refractivity contribution < 1.29 is 4.74 Å². The van der Waals surface area contributed by atoms with Gasteiger partial charge in [0.05, 0.1) is 12.8 Å². The summed E-state index contributed by atoms with van der Waals surface area (Å²) >= 11 is 0. The first-order valence-electron chi connectivity index (χ1n) is 6.39. The van der Waals surface area contributed by atoms with E-state index in [2.05, 4.69) is 42.3 Å². The van der Waals surface area contributed by atoms with E-state index in [1.807, 2.05) is 23.9 Å². The van der Waals surface area contributed by atoms with E-state index in [0.717, 1.165) is 24.5 Å². The van der Waals surface area contributed by atoms with E-state index < -0.39 is 0 Å². The Labute approximate surface area is 114 Å². The maximum absolute atomic E-state index is 5.25. The van der Waals surface area contributed by atoms with Crippen molar-refractivity contribution >= 4 is 0 Å². The van der Waals surface area contributed by atoms with Gasteiger partial charge in [-0.15, -0.1) is 0 Å². The molecule has 0 spiro atoms. The van der Waals surface area contributed by atoms with Gasteiger partial charge in [-0.1, -0.05) is 12.1 Å². The molecule has 0 saturated carbocycles. The Kier molecular flexibility index (Phi) is 4.22. The fraction of sp³-hybridized carbons (Fsp3) is 0.400. The largest absolute Gasteiger partial charge is 0.497 e. The summed E-state index contributed by atoms with van der Waals surface area (Å²) in [4.78, 5) is 2.28. The van der Waals surface area contributed by atoms with Crippen molar-refractivity contribution in [2.24, 2.45) is 7.05 Å². The molecule has 2 aromatic rings. The summed E-state index contributed by atoms with van der Waals surface area (Å²) in [5.74, 6) is 0.906. The summed E-state index contributed by atoms with van der Waals surface area (Å²) in [6, 6.07) is 8.19. The highest BCUT2D eigenvalue weighted by Crippen LogP contribution is 2.15. The van der Waals surface area contributed by atoms with Crippen LogP contribution in [0.25, 0.3) is 0 Å². The molecule has 0 atom stereocenters. The topological polar surface area (TPSA) is 30.3 Å². The predicted molar refractivity (Wildman–Crippen MR) is 76.1 cm³/mol. The second-order valence-corrected chi connectivity index (χ2v) is 4.94. The van der Waals surface area contributed by atoms with Crippen LogP contribution in [-0.4, -0.2) is 28.8 Å². The zero-order valence-corrected chi connectivity index (χ0v) is 12.1. The third kappa shape index (κ3) is 3.58. The molecule has 1 heterocycles. The molecule has 0 aliphatic heterocycles. The lowest BCUT2D eigenvalue weighted by atomic mass is 10.2. The lowest BCUT2D eigenvalue weighted by Crippen LogP contribution is -2.17. The smallest absolute Gasteiger partial charge is 0.119 e. The van der Waals surface area contributed by atoms with Gasteiger partial charge in [-0.2, -0.15) is 5.10 Å². The van der Waals surface area contributed by atoms with Gasteiger partial charge in [0, 0.05) is 31.9 Å². The normalized spacial score (nSPS) is 11.0. The lowest BCUT2D eigenvalue weighted by Gasteiger charge is -2.16. The first-order valence-corrected chi connectivity index (χ1v) is 6.39. The van der Waals surface area contributed by atoms with Gasteiger partial charge in [0.15, 0.2) is 0 Å². The fourth-order valence-electron chi connectivity index (χ4n) is 2.23. The van der Waals surface area contributed by atoms with E-state index >= 15 is 0 Å². The molecule has 0 saturated heterocycles. The summed E-state index contributed by atoms with van der Waals surface area (Å²) in [7, 11) is 5.77. The van der Waals surface area contributed by atoms with Crippen LogP contribution in [0.3, 0.4) is 0 Å². The van der Waals surface area contributed by atoms with Gasteiger partial charge < -0.3 is 4.74 Å². The summed E-state index contributed by atoms with van der Waals surface area (Å²) in [5.41, 5.74) is 3.62. The zero-order valence-electron chi connectivity index (χ0n) is 12.1. The molecular formula is C15H21N3O. The third-order valence-corrected chi connectivity index (χ3v) is 3.14. The van der Waals surface area contributed by atoms with Crippen molar-refractivity contribution in [2.45, 2.75) is 20.0 Å². The van der Waals surface area contributed by atoms with Gasteiger partial charge in [-0.05, 0) is 31.7 Å². The number of nitrogens with zero attached hydrogens (tertiary/aromatic N) is 3. The van der Waals surface area contributed by atoms with Crippen LogP contribution < -0.4 is 4.74 Å². The van der Waals surface area contributed by atoms with Crippen LogP contribution in [0.15, 0.2) is 30.5 Å². The van der Waals surface area contributed by atoms with Crippen LogP contribution >= 0.6 is 0 Å². The highest BCUT2D eigenvalue weighted by Gasteiger charge is 2.07. The van der Waals surface area contributed by atoms with Crippen molar-refractivity contribution in [1.82, 2.24) is 14.7 Å². The van der Waals surface area contributed by atoms with Gasteiger partial charge >= 0.3 is 0 Å². The molecular weight excluding hydrogens is 238 g/mol. The van der Waals surface area contributed by atoms with Crippen LogP contribution in [0.2, 0.25) is 0 Å². The van der Waals surface area contributed by atoms with E-state index in [1.165, 1.54) is 11.1 Å².